The standard InChI is InChI=1S/C16H23N3O2.HI/c1-5-6-13-9-12(10-14(20-3)15(13)21-4)11-18-16-17-7-8-19(16)2;/h5,9-10H,1,6-8,11H2,2-4H3,(H,17,18);1H. The van der Waals surface area contributed by atoms with Crippen LogP contribution in [0.15, 0.2) is 29.8 Å². The van der Waals surface area contributed by atoms with Crippen molar-refractivity contribution in [3.63, 3.8) is 0 Å². The molecule has 6 heteroatoms. The van der Waals surface area contributed by atoms with Crippen molar-refractivity contribution in [3.05, 3.63) is 35.9 Å². The van der Waals surface area contributed by atoms with Crippen LogP contribution in [0.1, 0.15) is 11.1 Å². The summed E-state index contributed by atoms with van der Waals surface area (Å²) in [6, 6.07) is 4.11. The number of hydrogen-bond donors (Lipinski definition) is 1. The average molecular weight is 417 g/mol. The van der Waals surface area contributed by atoms with Crippen LogP contribution in [0.3, 0.4) is 0 Å². The Morgan fingerprint density at radius 1 is 1.36 bits per heavy atom. The normalized spacial score (nSPS) is 13.2. The van der Waals surface area contributed by atoms with E-state index in [9.17, 15) is 0 Å². The van der Waals surface area contributed by atoms with Crippen LogP contribution in [0.2, 0.25) is 0 Å². The number of guanidine groups is 1. The molecule has 0 fully saturated rings. The quantitative estimate of drug-likeness (QED) is 0.571. The van der Waals surface area contributed by atoms with Crippen LogP contribution in [0, 0.1) is 0 Å². The second-order valence-corrected chi connectivity index (χ2v) is 4.96. The maximum Gasteiger partial charge on any atom is 0.194 e. The van der Waals surface area contributed by atoms with E-state index in [0.29, 0.717) is 6.54 Å². The highest BCUT2D eigenvalue weighted by molar-refractivity contribution is 14.0. The molecule has 0 spiro atoms. The number of likely N-dealkylation sites (N-methyl/N-ethyl adjacent to an activating group) is 1. The fourth-order valence-corrected chi connectivity index (χ4v) is 2.42. The van der Waals surface area contributed by atoms with Crippen molar-refractivity contribution in [1.29, 1.82) is 0 Å². The number of rotatable bonds is 6. The highest BCUT2D eigenvalue weighted by atomic mass is 127. The molecule has 1 aliphatic heterocycles. The van der Waals surface area contributed by atoms with Gasteiger partial charge in [0, 0.05) is 25.7 Å². The van der Waals surface area contributed by atoms with Gasteiger partial charge in [0.2, 0.25) is 0 Å². The van der Waals surface area contributed by atoms with Crippen LogP contribution < -0.4 is 14.8 Å². The first-order valence-electron chi connectivity index (χ1n) is 7.03. The molecular weight excluding hydrogens is 393 g/mol. The largest absolute Gasteiger partial charge is 0.493 e. The molecule has 1 heterocycles. The van der Waals surface area contributed by atoms with Gasteiger partial charge in [-0.1, -0.05) is 6.08 Å². The van der Waals surface area contributed by atoms with Crippen molar-refractivity contribution in [2.24, 2.45) is 4.99 Å². The molecular formula is C16H24IN3O2. The minimum absolute atomic E-state index is 0. The Balaban J connectivity index is 0.00000242. The second-order valence-electron chi connectivity index (χ2n) is 4.96. The zero-order valence-corrected chi connectivity index (χ0v) is 15.7. The molecule has 0 amide bonds. The Labute approximate surface area is 149 Å². The number of methoxy groups -OCH3 is 2. The summed E-state index contributed by atoms with van der Waals surface area (Å²) in [4.78, 5) is 6.54. The zero-order chi connectivity index (χ0) is 15.2. The Hall–Kier alpha value is -1.44. The lowest BCUT2D eigenvalue weighted by Crippen LogP contribution is -2.35. The molecule has 1 aliphatic rings. The first kappa shape index (κ1) is 18.6. The van der Waals surface area contributed by atoms with Crippen molar-refractivity contribution in [3.8, 4) is 11.5 Å². The summed E-state index contributed by atoms with van der Waals surface area (Å²) < 4.78 is 10.9. The summed E-state index contributed by atoms with van der Waals surface area (Å²) in [6.07, 6.45) is 2.61. The van der Waals surface area contributed by atoms with Crippen molar-refractivity contribution in [2.45, 2.75) is 13.0 Å². The van der Waals surface area contributed by atoms with Crippen molar-refractivity contribution < 1.29 is 9.47 Å². The Morgan fingerprint density at radius 3 is 2.68 bits per heavy atom. The number of hydrogen-bond acceptors (Lipinski definition) is 5. The van der Waals surface area contributed by atoms with E-state index in [1.165, 1.54) is 0 Å². The first-order chi connectivity index (χ1) is 10.2. The molecule has 0 aromatic heterocycles. The zero-order valence-electron chi connectivity index (χ0n) is 13.4. The molecule has 122 valence electrons. The number of ether oxygens (including phenoxy) is 2. The first-order valence-corrected chi connectivity index (χ1v) is 7.03. The van der Waals surface area contributed by atoms with E-state index in [0.717, 1.165) is 48.1 Å². The van der Waals surface area contributed by atoms with Crippen LogP contribution in [0.5, 0.6) is 11.5 Å². The van der Waals surface area contributed by atoms with Crippen LogP contribution in [-0.2, 0) is 13.0 Å². The summed E-state index contributed by atoms with van der Waals surface area (Å²) in [7, 11) is 5.35. The number of benzene rings is 1. The van der Waals surface area contributed by atoms with E-state index in [4.69, 9.17) is 9.47 Å². The molecule has 0 radical (unpaired) electrons. The molecule has 0 saturated heterocycles. The van der Waals surface area contributed by atoms with Crippen LogP contribution >= 0.6 is 24.0 Å². The summed E-state index contributed by atoms with van der Waals surface area (Å²) >= 11 is 0. The van der Waals surface area contributed by atoms with Crippen LogP contribution in [-0.4, -0.2) is 45.2 Å². The summed E-state index contributed by atoms with van der Waals surface area (Å²) in [6.45, 7) is 6.32. The lowest BCUT2D eigenvalue weighted by atomic mass is 10.1. The molecule has 1 aromatic rings. The van der Waals surface area contributed by atoms with Crippen molar-refractivity contribution in [2.75, 3.05) is 34.4 Å². The fraction of sp³-hybridized carbons (Fsp3) is 0.438. The third-order valence-electron chi connectivity index (χ3n) is 3.49. The van der Waals surface area contributed by atoms with Crippen molar-refractivity contribution in [1.82, 2.24) is 10.2 Å². The van der Waals surface area contributed by atoms with E-state index >= 15 is 0 Å². The monoisotopic (exact) mass is 417 g/mol. The second kappa shape index (κ2) is 8.87. The topological polar surface area (TPSA) is 46.1 Å². The highest BCUT2D eigenvalue weighted by Crippen LogP contribution is 2.33. The minimum atomic E-state index is 0. The third-order valence-corrected chi connectivity index (χ3v) is 3.49. The van der Waals surface area contributed by atoms with Gasteiger partial charge in [-0.2, -0.15) is 0 Å². The third kappa shape index (κ3) is 4.28. The van der Waals surface area contributed by atoms with Gasteiger partial charge in [0.15, 0.2) is 17.5 Å². The maximum atomic E-state index is 5.44. The van der Waals surface area contributed by atoms with E-state index in [1.807, 2.05) is 19.2 Å². The highest BCUT2D eigenvalue weighted by Gasteiger charge is 2.14. The Bertz CT molecular complexity index is 546. The van der Waals surface area contributed by atoms with Gasteiger partial charge >= 0.3 is 0 Å². The van der Waals surface area contributed by atoms with Crippen LogP contribution in [0.4, 0.5) is 0 Å². The summed E-state index contributed by atoms with van der Waals surface area (Å²) in [5, 5.41) is 3.36. The SMILES string of the molecule is C=CCc1cc(CNC2=NCCN2C)cc(OC)c1OC.I. The molecule has 5 nitrogen and oxygen atoms in total. The molecule has 0 unspecified atom stereocenters. The summed E-state index contributed by atoms with van der Waals surface area (Å²) in [5.74, 6) is 2.46. The van der Waals surface area contributed by atoms with Gasteiger partial charge in [-0.3, -0.25) is 4.99 Å². The predicted molar refractivity (Wildman–Crippen MR) is 101 cm³/mol. The average Bonchev–Trinajstić information content (AvgIpc) is 2.90. The van der Waals surface area contributed by atoms with Gasteiger partial charge in [-0.15, -0.1) is 30.6 Å². The smallest absolute Gasteiger partial charge is 0.194 e. The van der Waals surface area contributed by atoms with Gasteiger partial charge in [-0.05, 0) is 24.1 Å². The van der Waals surface area contributed by atoms with Gasteiger partial charge in [0.1, 0.15) is 0 Å². The molecule has 1 aromatic carbocycles. The molecule has 0 atom stereocenters. The number of aliphatic imine (C=N–C) groups is 1. The Morgan fingerprint density at radius 2 is 2.14 bits per heavy atom. The van der Waals surface area contributed by atoms with Gasteiger partial charge in [0.05, 0.1) is 20.8 Å². The van der Waals surface area contributed by atoms with E-state index < -0.39 is 0 Å². The van der Waals surface area contributed by atoms with Crippen LogP contribution in [0.25, 0.3) is 0 Å². The molecule has 1 N–H and O–H groups in total. The van der Waals surface area contributed by atoms with Gasteiger partial charge in [0.25, 0.3) is 0 Å². The molecule has 0 saturated carbocycles. The minimum Gasteiger partial charge on any atom is -0.493 e. The molecule has 0 aliphatic carbocycles. The predicted octanol–water partition coefficient (Wildman–Crippen LogP) is 2.44. The van der Waals surface area contributed by atoms with Crippen molar-refractivity contribution >= 4 is 29.9 Å². The number of allylic oxidation sites excluding steroid dienone is 1. The lowest BCUT2D eigenvalue weighted by Gasteiger charge is -2.17. The number of halogens is 1. The van der Waals surface area contributed by atoms with Gasteiger partial charge in [-0.25, -0.2) is 0 Å². The number of nitrogens with zero attached hydrogens (tertiary/aromatic N) is 2. The Kier molecular flexibility index (Phi) is 7.50. The number of nitrogens with one attached hydrogen (secondary N) is 1. The summed E-state index contributed by atoms with van der Waals surface area (Å²) in [5.41, 5.74) is 2.21. The maximum absolute atomic E-state index is 5.44. The van der Waals surface area contributed by atoms with E-state index in [1.54, 1.807) is 14.2 Å². The van der Waals surface area contributed by atoms with Gasteiger partial charge < -0.3 is 19.7 Å². The van der Waals surface area contributed by atoms with E-state index in [-0.39, 0.29) is 24.0 Å². The molecule has 22 heavy (non-hydrogen) atoms. The fourth-order valence-electron chi connectivity index (χ4n) is 2.42. The molecule has 0 bridgehead atoms. The molecule has 2 rings (SSSR count). The lowest BCUT2D eigenvalue weighted by molar-refractivity contribution is 0.352. The van der Waals surface area contributed by atoms with E-state index in [2.05, 4.69) is 27.9 Å².